The normalized spacial score (nSPS) is 10.7. The molecule has 0 aliphatic rings. The number of hydrogen-bond donors (Lipinski definition) is 2. The molecule has 0 atom stereocenters. The van der Waals surface area contributed by atoms with Crippen molar-refractivity contribution in [3.8, 4) is 6.07 Å². The lowest BCUT2D eigenvalue weighted by atomic mass is 10.1. The Balaban J connectivity index is 2.54. The van der Waals surface area contributed by atoms with Crippen molar-refractivity contribution >= 4 is 17.6 Å². The van der Waals surface area contributed by atoms with E-state index < -0.39 is 11.9 Å². The molecule has 0 aliphatic heterocycles. The summed E-state index contributed by atoms with van der Waals surface area (Å²) in [4.78, 5) is 23.9. The Morgan fingerprint density at radius 3 is 2.65 bits per heavy atom. The van der Waals surface area contributed by atoms with E-state index in [2.05, 4.69) is 22.3 Å². The van der Waals surface area contributed by atoms with Gasteiger partial charge in [-0.05, 0) is 25.0 Å². The number of esters is 1. The molecular weight excluding hydrogens is 334 g/mol. The fraction of sp³-hybridized carbons (Fsp3) is 0.421. The number of carbonyl (C=O) groups excluding carboxylic acids is 2. The number of carbonyl (C=O) groups is 2. The van der Waals surface area contributed by atoms with Crippen molar-refractivity contribution in [2.45, 2.75) is 26.2 Å². The molecule has 7 nitrogen and oxygen atoms in total. The summed E-state index contributed by atoms with van der Waals surface area (Å²) in [5, 5.41) is 14.6. The number of nitrogens with zero attached hydrogens (tertiary/aromatic N) is 1. The summed E-state index contributed by atoms with van der Waals surface area (Å²) < 4.78 is 10.1. The van der Waals surface area contributed by atoms with Crippen LogP contribution in [0, 0.1) is 11.3 Å². The standard InChI is InChI=1S/C19H25N3O4/c1-3-4-11-26-12-7-10-21-14-15(13-20)18(23)22-17-9-6-5-8-16(17)19(24)25-2/h5-6,8-9,14,21H,3-4,7,10-12H2,1-2H3,(H,22,23)/b15-14-. The van der Waals surface area contributed by atoms with Gasteiger partial charge in [0.15, 0.2) is 0 Å². The van der Waals surface area contributed by atoms with Crippen molar-refractivity contribution in [3.05, 3.63) is 41.6 Å². The lowest BCUT2D eigenvalue weighted by Crippen LogP contribution is -2.19. The first-order valence-corrected chi connectivity index (χ1v) is 8.54. The van der Waals surface area contributed by atoms with E-state index in [-0.39, 0.29) is 16.8 Å². The molecule has 0 heterocycles. The summed E-state index contributed by atoms with van der Waals surface area (Å²) in [6.45, 7) is 4.07. The largest absolute Gasteiger partial charge is 0.465 e. The number of amides is 1. The molecule has 140 valence electrons. The molecule has 0 spiro atoms. The van der Waals surface area contributed by atoms with E-state index in [4.69, 9.17) is 10.00 Å². The van der Waals surface area contributed by atoms with Crippen molar-refractivity contribution in [2.24, 2.45) is 0 Å². The third-order valence-corrected chi connectivity index (χ3v) is 3.44. The van der Waals surface area contributed by atoms with E-state index >= 15 is 0 Å². The van der Waals surface area contributed by atoms with Crippen LogP contribution in [-0.4, -0.2) is 38.7 Å². The van der Waals surface area contributed by atoms with Crippen LogP contribution in [0.4, 0.5) is 5.69 Å². The van der Waals surface area contributed by atoms with Gasteiger partial charge in [0.2, 0.25) is 0 Å². The second-order valence-electron chi connectivity index (χ2n) is 5.43. The maximum atomic E-state index is 12.2. The van der Waals surface area contributed by atoms with Crippen LogP contribution in [0.2, 0.25) is 0 Å². The third kappa shape index (κ3) is 7.36. The molecule has 1 aromatic rings. The van der Waals surface area contributed by atoms with Gasteiger partial charge < -0.3 is 20.1 Å². The van der Waals surface area contributed by atoms with E-state index in [1.54, 1.807) is 18.2 Å². The summed E-state index contributed by atoms with van der Waals surface area (Å²) in [6.07, 6.45) is 4.27. The number of para-hydroxylation sites is 1. The molecule has 26 heavy (non-hydrogen) atoms. The van der Waals surface area contributed by atoms with Gasteiger partial charge in [-0.25, -0.2) is 4.79 Å². The van der Waals surface area contributed by atoms with Crippen molar-refractivity contribution < 1.29 is 19.1 Å². The number of anilines is 1. The zero-order chi connectivity index (χ0) is 19.2. The SMILES string of the molecule is CCCCOCCCN/C=C(/C#N)C(=O)Nc1ccccc1C(=O)OC. The summed E-state index contributed by atoms with van der Waals surface area (Å²) in [5.74, 6) is -1.17. The van der Waals surface area contributed by atoms with E-state index in [1.165, 1.54) is 19.4 Å². The Kier molecular flexibility index (Phi) is 10.2. The first-order valence-electron chi connectivity index (χ1n) is 8.54. The second kappa shape index (κ2) is 12.5. The molecule has 0 radical (unpaired) electrons. The quantitative estimate of drug-likeness (QED) is 0.273. The molecule has 1 rings (SSSR count). The Morgan fingerprint density at radius 2 is 1.96 bits per heavy atom. The van der Waals surface area contributed by atoms with E-state index in [0.717, 1.165) is 25.9 Å². The van der Waals surface area contributed by atoms with Crippen LogP contribution in [0.25, 0.3) is 0 Å². The summed E-state index contributed by atoms with van der Waals surface area (Å²) in [6, 6.07) is 8.28. The molecule has 0 bridgehead atoms. The smallest absolute Gasteiger partial charge is 0.339 e. The molecule has 0 fully saturated rings. The van der Waals surface area contributed by atoms with Gasteiger partial charge in [-0.15, -0.1) is 0 Å². The first kappa shape index (κ1) is 21.2. The minimum absolute atomic E-state index is 0.0865. The second-order valence-corrected chi connectivity index (χ2v) is 5.43. The highest BCUT2D eigenvalue weighted by Crippen LogP contribution is 2.16. The van der Waals surface area contributed by atoms with Crippen LogP contribution in [0.3, 0.4) is 0 Å². The van der Waals surface area contributed by atoms with Crippen LogP contribution in [0.15, 0.2) is 36.0 Å². The highest BCUT2D eigenvalue weighted by Gasteiger charge is 2.15. The van der Waals surface area contributed by atoms with Crippen LogP contribution >= 0.6 is 0 Å². The highest BCUT2D eigenvalue weighted by molar-refractivity contribution is 6.09. The van der Waals surface area contributed by atoms with Gasteiger partial charge in [0.05, 0.1) is 18.4 Å². The Labute approximate surface area is 154 Å². The highest BCUT2D eigenvalue weighted by atomic mass is 16.5. The van der Waals surface area contributed by atoms with E-state index in [1.807, 2.05) is 6.07 Å². The summed E-state index contributed by atoms with van der Waals surface area (Å²) >= 11 is 0. The van der Waals surface area contributed by atoms with Gasteiger partial charge in [-0.1, -0.05) is 25.5 Å². The third-order valence-electron chi connectivity index (χ3n) is 3.44. The monoisotopic (exact) mass is 359 g/mol. The van der Waals surface area contributed by atoms with Gasteiger partial charge in [-0.3, -0.25) is 4.79 Å². The molecular formula is C19H25N3O4. The molecule has 2 N–H and O–H groups in total. The Morgan fingerprint density at radius 1 is 1.23 bits per heavy atom. The van der Waals surface area contributed by atoms with Crippen molar-refractivity contribution in [3.63, 3.8) is 0 Å². The Hall–Kier alpha value is -2.85. The van der Waals surface area contributed by atoms with Crippen molar-refractivity contribution in [1.82, 2.24) is 5.32 Å². The molecule has 1 aromatic carbocycles. The minimum Gasteiger partial charge on any atom is -0.465 e. The number of nitrogens with one attached hydrogen (secondary N) is 2. The number of benzene rings is 1. The van der Waals surface area contributed by atoms with Gasteiger partial charge in [0.1, 0.15) is 11.6 Å². The molecule has 0 unspecified atom stereocenters. The lowest BCUT2D eigenvalue weighted by molar-refractivity contribution is -0.112. The topological polar surface area (TPSA) is 100 Å². The van der Waals surface area contributed by atoms with Gasteiger partial charge in [0.25, 0.3) is 5.91 Å². The number of nitriles is 1. The minimum atomic E-state index is -0.601. The zero-order valence-electron chi connectivity index (χ0n) is 15.2. The molecule has 0 aromatic heterocycles. The molecule has 0 saturated heterocycles. The maximum absolute atomic E-state index is 12.2. The average molecular weight is 359 g/mol. The fourth-order valence-corrected chi connectivity index (χ4v) is 2.02. The molecule has 7 heteroatoms. The van der Waals surface area contributed by atoms with Crippen LogP contribution in [0.5, 0.6) is 0 Å². The first-order chi connectivity index (χ1) is 12.6. The number of ether oxygens (including phenoxy) is 2. The van der Waals surface area contributed by atoms with E-state index in [9.17, 15) is 9.59 Å². The van der Waals surface area contributed by atoms with E-state index in [0.29, 0.717) is 13.2 Å². The van der Waals surface area contributed by atoms with Crippen molar-refractivity contribution in [1.29, 1.82) is 5.26 Å². The number of unbranched alkanes of at least 4 members (excludes halogenated alkanes) is 1. The zero-order valence-corrected chi connectivity index (χ0v) is 15.2. The van der Waals surface area contributed by atoms with Gasteiger partial charge in [0, 0.05) is 26.0 Å². The molecule has 0 saturated carbocycles. The number of rotatable bonds is 11. The predicted molar refractivity (Wildman–Crippen MR) is 98.5 cm³/mol. The van der Waals surface area contributed by atoms with Crippen LogP contribution in [0.1, 0.15) is 36.5 Å². The Bertz CT molecular complexity index is 665. The lowest BCUT2D eigenvalue weighted by Gasteiger charge is -2.09. The van der Waals surface area contributed by atoms with Gasteiger partial charge in [-0.2, -0.15) is 5.26 Å². The molecule has 0 aliphatic carbocycles. The molecule has 1 amide bonds. The van der Waals surface area contributed by atoms with Gasteiger partial charge >= 0.3 is 5.97 Å². The summed E-state index contributed by atoms with van der Waals surface area (Å²) in [7, 11) is 1.26. The fourth-order valence-electron chi connectivity index (χ4n) is 2.02. The van der Waals surface area contributed by atoms with Crippen molar-refractivity contribution in [2.75, 3.05) is 32.2 Å². The number of hydrogen-bond acceptors (Lipinski definition) is 6. The summed E-state index contributed by atoms with van der Waals surface area (Å²) in [5.41, 5.74) is 0.421. The number of methoxy groups -OCH3 is 1. The van der Waals surface area contributed by atoms with Crippen LogP contribution in [-0.2, 0) is 14.3 Å². The predicted octanol–water partition coefficient (Wildman–Crippen LogP) is 2.62. The average Bonchev–Trinajstić information content (AvgIpc) is 2.66. The van der Waals surface area contributed by atoms with Crippen LogP contribution < -0.4 is 10.6 Å². The maximum Gasteiger partial charge on any atom is 0.339 e.